The van der Waals surface area contributed by atoms with E-state index in [0.29, 0.717) is 12.7 Å². The van der Waals surface area contributed by atoms with Crippen molar-refractivity contribution in [2.45, 2.75) is 0 Å². The van der Waals surface area contributed by atoms with E-state index in [1.54, 1.807) is 12.3 Å². The lowest BCUT2D eigenvalue weighted by molar-refractivity contribution is -0.174. The monoisotopic (exact) mass is 158 g/mol. The van der Waals surface area contributed by atoms with Crippen LogP contribution >= 0.6 is 7.79 Å². The van der Waals surface area contributed by atoms with Gasteiger partial charge in [-0.25, -0.2) is 0 Å². The summed E-state index contributed by atoms with van der Waals surface area (Å²) in [6.45, 7) is 4.11. The van der Waals surface area contributed by atoms with Crippen molar-refractivity contribution in [1.82, 2.24) is 10.2 Å². The molecule has 1 rings (SSSR count). The number of allylic oxidation sites excluding steroid dienone is 1. The third kappa shape index (κ3) is 1.81. The molecule has 0 radical (unpaired) electrons. The smallest absolute Gasteiger partial charge is 0.127 e. The van der Waals surface area contributed by atoms with Gasteiger partial charge in [-0.15, -0.1) is 6.58 Å². The van der Waals surface area contributed by atoms with Gasteiger partial charge in [-0.05, 0) is 6.08 Å². The Morgan fingerprint density at radius 2 is 2.70 bits per heavy atom. The fraction of sp³-hybridized carbons (Fsp3) is 0.333. The van der Waals surface area contributed by atoms with E-state index in [1.165, 1.54) is 0 Å². The number of rotatable bonds is 3. The Balaban J connectivity index is 2.31. The normalized spacial score (nSPS) is 30.1. The first-order chi connectivity index (χ1) is 4.77. The quantitative estimate of drug-likeness (QED) is 0.449. The maximum Gasteiger partial charge on any atom is 0.127 e. The lowest BCUT2D eigenvalue weighted by Gasteiger charge is -2.25. The Hall–Kier alpha value is -0.370. The van der Waals surface area contributed by atoms with Crippen LogP contribution in [0.4, 0.5) is 0 Å². The van der Waals surface area contributed by atoms with Gasteiger partial charge in [0.1, 0.15) is 14.0 Å². The van der Waals surface area contributed by atoms with Crippen molar-refractivity contribution in [1.29, 1.82) is 0 Å². The molecule has 0 saturated heterocycles. The van der Waals surface area contributed by atoms with E-state index in [9.17, 15) is 4.89 Å². The Morgan fingerprint density at radius 1 is 1.90 bits per heavy atom. The maximum absolute atomic E-state index is 11.4. The lowest BCUT2D eigenvalue weighted by atomic mass is 10.7. The second kappa shape index (κ2) is 3.15. The first kappa shape index (κ1) is 7.73. The van der Waals surface area contributed by atoms with Crippen molar-refractivity contribution in [3.05, 3.63) is 24.9 Å². The van der Waals surface area contributed by atoms with Gasteiger partial charge >= 0.3 is 0 Å². The van der Waals surface area contributed by atoms with E-state index in [-0.39, 0.29) is 0 Å². The van der Waals surface area contributed by atoms with Gasteiger partial charge in [0.15, 0.2) is 0 Å². The second-order valence-electron chi connectivity index (χ2n) is 2.10. The van der Waals surface area contributed by atoms with Crippen LogP contribution in [0, 0.1) is 0 Å². The Labute approximate surface area is 61.4 Å². The van der Waals surface area contributed by atoms with E-state index < -0.39 is 7.79 Å². The molecule has 0 aromatic carbocycles. The summed E-state index contributed by atoms with van der Waals surface area (Å²) in [7, 11) is -2.27. The van der Waals surface area contributed by atoms with Gasteiger partial charge < -0.3 is 4.89 Å². The second-order valence-corrected chi connectivity index (χ2v) is 4.52. The Bertz CT molecular complexity index is 150. The summed E-state index contributed by atoms with van der Waals surface area (Å²) >= 11 is 0. The average Bonchev–Trinajstić information content (AvgIpc) is 2.33. The molecule has 1 heterocycles. The van der Waals surface area contributed by atoms with Crippen molar-refractivity contribution in [2.24, 2.45) is 0 Å². The molecule has 0 aliphatic carbocycles. The fourth-order valence-corrected chi connectivity index (χ4v) is 2.25. The van der Waals surface area contributed by atoms with Gasteiger partial charge in [0.05, 0.1) is 0 Å². The summed E-state index contributed by atoms with van der Waals surface area (Å²) in [5.74, 6) is 0. The van der Waals surface area contributed by atoms with Crippen molar-refractivity contribution in [3.8, 4) is 0 Å². The molecule has 0 bridgehead atoms. The molecule has 3 nitrogen and oxygen atoms in total. The molecule has 0 spiro atoms. The van der Waals surface area contributed by atoms with Crippen LogP contribution in [0.2, 0.25) is 0 Å². The summed E-state index contributed by atoms with van der Waals surface area (Å²) in [6, 6.07) is 0. The molecule has 0 saturated carbocycles. The third-order valence-electron chi connectivity index (χ3n) is 1.25. The summed E-state index contributed by atoms with van der Waals surface area (Å²) in [5, 5.41) is 5.66. The molecule has 1 aliphatic rings. The van der Waals surface area contributed by atoms with Crippen molar-refractivity contribution >= 4 is 7.79 Å². The highest BCUT2D eigenvalue weighted by molar-refractivity contribution is 7.65. The zero-order valence-electron chi connectivity index (χ0n) is 5.71. The molecular weight excluding hydrogens is 147 g/mol. The van der Waals surface area contributed by atoms with Crippen molar-refractivity contribution < 1.29 is 4.89 Å². The molecule has 10 heavy (non-hydrogen) atoms. The van der Waals surface area contributed by atoms with E-state index in [1.807, 2.05) is 6.08 Å². The minimum Gasteiger partial charge on any atom is -0.647 e. The first-order valence-electron chi connectivity index (χ1n) is 3.15. The molecule has 2 N–H and O–H groups in total. The number of hydrogen-bond donors (Lipinski definition) is 2. The standard InChI is InChI=1S/C6H11N2OP/c1-2-4-7-10(9)6-3-5-8-10/h2-3,5H,1,4,6H2,(H2,7,8,9). The minimum atomic E-state index is -2.27. The maximum atomic E-state index is 11.4. The molecule has 0 aromatic heterocycles. The van der Waals surface area contributed by atoms with Gasteiger partial charge in [0, 0.05) is 12.7 Å². The molecule has 0 amide bonds. The molecule has 56 valence electrons. The first-order valence-corrected chi connectivity index (χ1v) is 5.04. The van der Waals surface area contributed by atoms with E-state index >= 15 is 0 Å². The summed E-state index contributed by atoms with van der Waals surface area (Å²) in [5.41, 5.74) is 0. The zero-order valence-corrected chi connectivity index (χ0v) is 6.60. The molecule has 1 atom stereocenters. The van der Waals surface area contributed by atoms with Gasteiger partial charge in [0.25, 0.3) is 0 Å². The Kier molecular flexibility index (Phi) is 2.44. The van der Waals surface area contributed by atoms with Crippen LogP contribution < -0.4 is 15.1 Å². The fourth-order valence-electron chi connectivity index (χ4n) is 0.749. The van der Waals surface area contributed by atoms with Crippen LogP contribution in [0.15, 0.2) is 24.9 Å². The largest absolute Gasteiger partial charge is 0.647 e. The molecule has 4 heteroatoms. The van der Waals surface area contributed by atoms with Crippen LogP contribution in [0.1, 0.15) is 0 Å². The Morgan fingerprint density at radius 3 is 3.20 bits per heavy atom. The van der Waals surface area contributed by atoms with E-state index in [2.05, 4.69) is 16.8 Å². The van der Waals surface area contributed by atoms with Crippen molar-refractivity contribution in [3.63, 3.8) is 0 Å². The number of hydrogen-bond acceptors (Lipinski definition) is 3. The highest BCUT2D eigenvalue weighted by Crippen LogP contribution is 2.42. The third-order valence-corrected chi connectivity index (χ3v) is 3.24. The van der Waals surface area contributed by atoms with E-state index in [0.717, 1.165) is 0 Å². The van der Waals surface area contributed by atoms with Gasteiger partial charge in [-0.2, -0.15) is 5.09 Å². The molecular formula is C6H11N2OP. The van der Waals surface area contributed by atoms with Crippen molar-refractivity contribution in [2.75, 3.05) is 12.7 Å². The summed E-state index contributed by atoms with van der Waals surface area (Å²) in [4.78, 5) is 11.4. The molecule has 1 unspecified atom stereocenters. The predicted octanol–water partition coefficient (Wildman–Crippen LogP) is 0.00180. The van der Waals surface area contributed by atoms with Crippen LogP contribution in [-0.4, -0.2) is 12.7 Å². The van der Waals surface area contributed by atoms with Gasteiger partial charge in [0.2, 0.25) is 0 Å². The molecule has 0 aromatic rings. The number of nitrogens with one attached hydrogen (secondary N) is 2. The van der Waals surface area contributed by atoms with E-state index in [4.69, 9.17) is 0 Å². The van der Waals surface area contributed by atoms with Crippen LogP contribution in [0.3, 0.4) is 0 Å². The highest BCUT2D eigenvalue weighted by atomic mass is 31.2. The SMILES string of the molecule is C=CCN[P+]1([O-])CC=CN1. The van der Waals surface area contributed by atoms with Crippen LogP contribution in [-0.2, 0) is 0 Å². The molecule has 1 aliphatic heterocycles. The lowest BCUT2D eigenvalue weighted by Crippen LogP contribution is -2.32. The zero-order chi connectivity index (χ0) is 7.45. The van der Waals surface area contributed by atoms with Gasteiger partial charge in [-0.3, -0.25) is 5.09 Å². The van der Waals surface area contributed by atoms with Crippen LogP contribution in [0.25, 0.3) is 0 Å². The topological polar surface area (TPSA) is 47.1 Å². The summed E-state index contributed by atoms with van der Waals surface area (Å²) in [6.07, 6.45) is 5.87. The predicted molar refractivity (Wildman–Crippen MR) is 42.3 cm³/mol. The minimum absolute atomic E-state index is 0.589. The highest BCUT2D eigenvalue weighted by Gasteiger charge is 2.24. The molecule has 0 fully saturated rings. The summed E-state index contributed by atoms with van der Waals surface area (Å²) < 4.78 is 0. The average molecular weight is 158 g/mol. The van der Waals surface area contributed by atoms with Crippen LogP contribution in [0.5, 0.6) is 0 Å². The van der Waals surface area contributed by atoms with Gasteiger partial charge in [-0.1, -0.05) is 6.08 Å².